The van der Waals surface area contributed by atoms with Crippen LogP contribution in [0.15, 0.2) is 104 Å². The Hall–Kier alpha value is -0.282. The Bertz CT molecular complexity index is 2320. The number of carbonyl (C=O) groups is 1. The maximum Gasteiger partial charge on any atom is 1.00 e. The van der Waals surface area contributed by atoms with Crippen molar-refractivity contribution < 1.29 is 169 Å². The molecule has 4 aromatic rings. The first-order valence-corrected chi connectivity index (χ1v) is 24.0. The van der Waals surface area contributed by atoms with Crippen molar-refractivity contribution in [1.82, 2.24) is 18.4 Å². The molecular formula is C42H53BBr2FK2N4O13S2. The standard InChI is InChI=1S/C20H23BrN2O5S.C11H15FN2O2S.C9H9BrO3.CH2O3.CH4.B.2K.H/c1-22-8-10-23(11-9-22)29(24,25)17-5-2-15(3-6-17)28-16-4-7-19(21)18(14-16)20-26-12-13-27-20;1-13-6-8-14(9-7-13)17(15,16)11-4-2-10(12)3-5-11;10-8-2-1-6(11)5-7(8)9-12-3-4-13-9;2-1-4-3;;;;;/h2-7,14,20H,8-13H2,1H3;2-5H,6-9H2,1H3;1-2,5,9,11H,3-4H2;1,3H;1H4;;;;/q;;;;;;2*+1;-1/p-1. The van der Waals surface area contributed by atoms with Gasteiger partial charge in [0.05, 0.1) is 36.2 Å². The Labute approximate surface area is 498 Å². The minimum atomic E-state index is -3.49. The molecule has 0 amide bonds. The first kappa shape index (κ1) is 64.7. The Morgan fingerprint density at radius 1 is 0.657 bits per heavy atom. The van der Waals surface area contributed by atoms with E-state index in [0.29, 0.717) is 64.1 Å². The molecule has 4 heterocycles. The third kappa shape index (κ3) is 19.6. The van der Waals surface area contributed by atoms with E-state index in [9.17, 15) is 26.3 Å². The van der Waals surface area contributed by atoms with Crippen molar-refractivity contribution in [3.8, 4) is 17.2 Å². The van der Waals surface area contributed by atoms with E-state index in [1.165, 1.54) is 32.9 Å². The zero-order valence-corrected chi connectivity index (χ0v) is 48.0. The van der Waals surface area contributed by atoms with Crippen molar-refractivity contribution in [3.05, 3.63) is 111 Å². The van der Waals surface area contributed by atoms with Crippen LogP contribution in [0.4, 0.5) is 4.39 Å². The number of ether oxygens (including phenoxy) is 5. The van der Waals surface area contributed by atoms with E-state index in [1.54, 1.807) is 42.5 Å². The normalized spacial score (nSPS) is 17.2. The van der Waals surface area contributed by atoms with Crippen LogP contribution in [0, 0.1) is 5.82 Å². The summed E-state index contributed by atoms with van der Waals surface area (Å²) in [6.45, 7) is 7.04. The summed E-state index contributed by atoms with van der Waals surface area (Å²) in [5.41, 5.74) is 1.69. The van der Waals surface area contributed by atoms with Crippen LogP contribution in [0.25, 0.3) is 0 Å². The third-order valence-electron chi connectivity index (χ3n) is 9.81. The second kappa shape index (κ2) is 32.0. The van der Waals surface area contributed by atoms with Gasteiger partial charge in [0, 0.05) is 80.8 Å². The predicted octanol–water partition coefficient (Wildman–Crippen LogP) is -1.00. The van der Waals surface area contributed by atoms with Crippen LogP contribution in [0.5, 0.6) is 17.2 Å². The van der Waals surface area contributed by atoms with Crippen molar-refractivity contribution in [2.75, 3.05) is 92.9 Å². The predicted molar refractivity (Wildman–Crippen MR) is 245 cm³/mol. The van der Waals surface area contributed by atoms with E-state index in [0.717, 1.165) is 46.3 Å². The number of nitrogens with zero attached hydrogens (tertiary/aromatic N) is 4. The number of phenols is 1. The monoisotopic (exact) mass is 1150 g/mol. The zero-order valence-electron chi connectivity index (χ0n) is 38.0. The van der Waals surface area contributed by atoms with Crippen LogP contribution in [-0.2, 0) is 48.7 Å². The molecule has 4 aliphatic rings. The Kier molecular flexibility index (Phi) is 30.9. The molecular weight excluding hydrogens is 1100 g/mol. The number of benzene rings is 4. The molecule has 0 atom stereocenters. The SMILES string of the molecule is C.CN1CCN(S(=O)(=O)c2ccc(F)cc2)CC1.CN1CCN(S(=O)(=O)c2ccc(Oc3ccc(Br)c(C4OCCO4)c3)cc2)CC1.O=CO[O-].Oc1ccc(Br)c(C2OCCO2)c1.[B].[H-].[K+].[K+]. The Morgan fingerprint density at radius 3 is 1.42 bits per heavy atom. The molecule has 357 valence electrons. The van der Waals surface area contributed by atoms with Crippen LogP contribution in [0.2, 0.25) is 0 Å². The van der Waals surface area contributed by atoms with Gasteiger partial charge in [-0.2, -0.15) is 8.61 Å². The molecule has 4 saturated heterocycles. The molecule has 0 spiro atoms. The first-order chi connectivity index (χ1) is 30.1. The van der Waals surface area contributed by atoms with Crippen molar-refractivity contribution in [1.29, 1.82) is 0 Å². The molecule has 4 fully saturated rings. The van der Waals surface area contributed by atoms with Gasteiger partial charge < -0.3 is 50.2 Å². The number of sulfonamides is 2. The molecule has 1 N–H and O–H groups in total. The molecule has 3 radical (unpaired) electrons. The summed E-state index contributed by atoms with van der Waals surface area (Å²) < 4.78 is 95.2. The number of aromatic hydroxyl groups is 1. The molecule has 25 heteroatoms. The van der Waals surface area contributed by atoms with Gasteiger partial charge in [-0.1, -0.05) is 39.3 Å². The number of piperazine rings is 2. The van der Waals surface area contributed by atoms with Gasteiger partial charge in [-0.15, -0.1) is 0 Å². The fourth-order valence-electron chi connectivity index (χ4n) is 6.33. The number of phenolic OH excluding ortho intramolecular Hbond substituents is 1. The van der Waals surface area contributed by atoms with Crippen molar-refractivity contribution in [3.63, 3.8) is 0 Å². The van der Waals surface area contributed by atoms with E-state index < -0.39 is 32.2 Å². The summed E-state index contributed by atoms with van der Waals surface area (Å²) in [5.74, 6) is 0.973. The van der Waals surface area contributed by atoms with E-state index in [1.807, 2.05) is 32.3 Å². The number of halogens is 3. The molecule has 0 aliphatic carbocycles. The molecule has 0 aromatic heterocycles. The molecule has 0 unspecified atom stereocenters. The minimum absolute atomic E-state index is 0. The second-order valence-electron chi connectivity index (χ2n) is 14.2. The fourth-order valence-corrected chi connectivity index (χ4v) is 10.0. The summed E-state index contributed by atoms with van der Waals surface area (Å²) in [7, 11) is -2.99. The Balaban J connectivity index is 0.000000988. The quantitative estimate of drug-likeness (QED) is 0.0927. The number of hydrogen-bond acceptors (Lipinski definition) is 15. The smallest absolute Gasteiger partial charge is 1.00 e. The first-order valence-electron chi connectivity index (χ1n) is 19.5. The van der Waals surface area contributed by atoms with Crippen LogP contribution in [0.1, 0.15) is 32.6 Å². The molecule has 4 aliphatic heterocycles. The summed E-state index contributed by atoms with van der Waals surface area (Å²) >= 11 is 6.88. The Morgan fingerprint density at radius 2 is 1.01 bits per heavy atom. The van der Waals surface area contributed by atoms with Gasteiger partial charge in [0.1, 0.15) is 23.1 Å². The number of hydrogen-bond donors (Lipinski definition) is 1. The molecule has 4 aromatic carbocycles. The summed E-state index contributed by atoms with van der Waals surface area (Å²) in [6.07, 6.45) is -0.759. The number of likely N-dealkylation sites (N-methyl/N-ethyl adjacent to an activating group) is 2. The van der Waals surface area contributed by atoms with E-state index >= 15 is 0 Å². The maximum atomic E-state index is 12.8. The average Bonchev–Trinajstić information content (AvgIpc) is 4.03. The fraction of sp³-hybridized carbons (Fsp3) is 0.405. The van der Waals surface area contributed by atoms with Crippen LogP contribution < -0.4 is 113 Å². The topological polar surface area (TPSA) is 197 Å². The molecule has 8 rings (SSSR count). The molecule has 0 saturated carbocycles. The summed E-state index contributed by atoms with van der Waals surface area (Å²) in [6, 6.07) is 22.1. The summed E-state index contributed by atoms with van der Waals surface area (Å²) in [5, 5.41) is 17.7. The summed E-state index contributed by atoms with van der Waals surface area (Å²) in [4.78, 5) is 15.9. The maximum absolute atomic E-state index is 12.8. The van der Waals surface area contributed by atoms with Crippen LogP contribution in [-0.4, -0.2) is 148 Å². The van der Waals surface area contributed by atoms with Crippen molar-refractivity contribution in [2.45, 2.75) is 29.8 Å². The van der Waals surface area contributed by atoms with Crippen LogP contribution >= 0.6 is 31.9 Å². The van der Waals surface area contributed by atoms with Gasteiger partial charge in [0.25, 0.3) is 6.47 Å². The van der Waals surface area contributed by atoms with Crippen LogP contribution in [0.3, 0.4) is 0 Å². The number of carbonyl (C=O) groups excluding carboxylic acids is 1. The number of rotatable bonds is 9. The van der Waals surface area contributed by atoms with Gasteiger partial charge in [0.2, 0.25) is 20.0 Å². The average molecular weight is 1150 g/mol. The van der Waals surface area contributed by atoms with E-state index in [2.05, 4.69) is 46.5 Å². The minimum Gasteiger partial charge on any atom is -1.00 e. The third-order valence-corrected chi connectivity index (χ3v) is 15.1. The van der Waals surface area contributed by atoms with Gasteiger partial charge in [-0.25, -0.2) is 21.2 Å². The zero-order chi connectivity index (χ0) is 45.6. The van der Waals surface area contributed by atoms with Gasteiger partial charge in [0.15, 0.2) is 12.6 Å². The van der Waals surface area contributed by atoms with E-state index in [4.69, 9.17) is 33.7 Å². The second-order valence-corrected chi connectivity index (χ2v) is 19.8. The van der Waals surface area contributed by atoms with Crippen molar-refractivity contribution in [2.24, 2.45) is 0 Å². The van der Waals surface area contributed by atoms with Gasteiger partial charge in [-0.3, -0.25) is 4.79 Å². The molecule has 67 heavy (non-hydrogen) atoms. The molecule has 17 nitrogen and oxygen atoms in total. The molecule has 0 bridgehead atoms. The van der Waals surface area contributed by atoms with Gasteiger partial charge in [-0.05, 0) is 99.0 Å². The van der Waals surface area contributed by atoms with Crippen molar-refractivity contribution >= 4 is 66.8 Å². The largest absolute Gasteiger partial charge is 1.00 e. The van der Waals surface area contributed by atoms with E-state index in [-0.39, 0.29) is 148 Å². The van der Waals surface area contributed by atoms with Gasteiger partial charge >= 0.3 is 103 Å².